The Kier molecular flexibility index (Phi) is 5.51. The molecule has 0 saturated carbocycles. The lowest BCUT2D eigenvalue weighted by Gasteiger charge is -2.08. The fourth-order valence-electron chi connectivity index (χ4n) is 3.41. The van der Waals surface area contributed by atoms with Gasteiger partial charge in [-0.15, -0.1) is 0 Å². The summed E-state index contributed by atoms with van der Waals surface area (Å²) in [5.41, 5.74) is 0.523. The monoisotopic (exact) mass is 409 g/mol. The first kappa shape index (κ1) is 19.4. The number of aromatic nitrogens is 2. The van der Waals surface area contributed by atoms with Gasteiger partial charge in [0.15, 0.2) is 5.03 Å². The highest BCUT2D eigenvalue weighted by Gasteiger charge is 2.25. The Morgan fingerprint density at radius 2 is 1.76 bits per heavy atom. The van der Waals surface area contributed by atoms with E-state index in [2.05, 4.69) is 22.4 Å². The van der Waals surface area contributed by atoms with Crippen molar-refractivity contribution in [3.63, 3.8) is 0 Å². The van der Waals surface area contributed by atoms with Gasteiger partial charge in [0, 0.05) is 10.8 Å². The Bertz CT molecular complexity index is 1240. The van der Waals surface area contributed by atoms with Crippen LogP contribution in [-0.2, 0) is 9.84 Å². The Balaban J connectivity index is 1.71. The third-order valence-electron chi connectivity index (χ3n) is 4.83. The highest BCUT2D eigenvalue weighted by molar-refractivity contribution is 7.91. The highest BCUT2D eigenvalue weighted by atomic mass is 32.2. The van der Waals surface area contributed by atoms with Crippen LogP contribution in [0.3, 0.4) is 0 Å². The maximum Gasteiger partial charge on any atom is 0.224 e. The van der Waals surface area contributed by atoms with Crippen LogP contribution in [0.1, 0.15) is 13.3 Å². The molecule has 1 aromatic heterocycles. The molecule has 150 valence electrons. The van der Waals surface area contributed by atoms with Crippen LogP contribution in [0.15, 0.2) is 70.6 Å². The largest absolute Gasteiger partial charge is 0.491 e. The average Bonchev–Trinajstić information content (AvgIpc) is 3.19. The van der Waals surface area contributed by atoms with Gasteiger partial charge >= 0.3 is 0 Å². The van der Waals surface area contributed by atoms with E-state index in [0.29, 0.717) is 28.6 Å². The molecule has 4 aromatic rings. The number of sulfone groups is 1. The van der Waals surface area contributed by atoms with Crippen molar-refractivity contribution in [2.75, 3.05) is 19.7 Å². The highest BCUT2D eigenvalue weighted by Crippen LogP contribution is 2.33. The van der Waals surface area contributed by atoms with Gasteiger partial charge in [-0.25, -0.2) is 8.42 Å². The molecule has 29 heavy (non-hydrogen) atoms. The minimum atomic E-state index is -3.78. The molecule has 7 heteroatoms. The topological polar surface area (TPSA) is 84.1 Å². The summed E-state index contributed by atoms with van der Waals surface area (Å²) in [6.45, 7) is 4.38. The van der Waals surface area contributed by atoms with Gasteiger partial charge in [0.2, 0.25) is 9.84 Å². The van der Waals surface area contributed by atoms with Crippen molar-refractivity contribution in [1.29, 1.82) is 0 Å². The standard InChI is InChI=1S/C22H23N3O3S/c1-2-23-14-7-15-28-19-12-6-11-18-21(19)24-25-22(18)29(26,27)20-13-5-9-16-8-3-4-10-17(16)20/h3-6,8-13,23H,2,7,14-15H2,1H3,(H,24,25). The smallest absolute Gasteiger partial charge is 0.224 e. The second kappa shape index (κ2) is 8.23. The minimum absolute atomic E-state index is 0.0851. The lowest BCUT2D eigenvalue weighted by atomic mass is 10.1. The molecule has 0 aliphatic carbocycles. The number of rotatable bonds is 8. The minimum Gasteiger partial charge on any atom is -0.491 e. The SMILES string of the molecule is CCNCCCOc1cccc2c(S(=O)(=O)c3cccc4ccccc34)[nH]nc12. The lowest BCUT2D eigenvalue weighted by molar-refractivity contribution is 0.311. The molecule has 0 amide bonds. The fourth-order valence-corrected chi connectivity index (χ4v) is 4.98. The lowest BCUT2D eigenvalue weighted by Crippen LogP contribution is -2.16. The van der Waals surface area contributed by atoms with E-state index in [9.17, 15) is 8.42 Å². The van der Waals surface area contributed by atoms with Gasteiger partial charge in [0.25, 0.3) is 0 Å². The normalized spacial score (nSPS) is 11.9. The van der Waals surface area contributed by atoms with Crippen LogP contribution in [0, 0.1) is 0 Å². The van der Waals surface area contributed by atoms with E-state index in [0.717, 1.165) is 24.9 Å². The fraction of sp³-hybridized carbons (Fsp3) is 0.227. The Hall–Kier alpha value is -2.90. The van der Waals surface area contributed by atoms with E-state index in [4.69, 9.17) is 4.74 Å². The molecule has 0 aliphatic heterocycles. The number of aromatic amines is 1. The third kappa shape index (κ3) is 3.71. The molecule has 0 spiro atoms. The summed E-state index contributed by atoms with van der Waals surface area (Å²) in [6.07, 6.45) is 0.857. The van der Waals surface area contributed by atoms with Crippen molar-refractivity contribution in [1.82, 2.24) is 15.5 Å². The Labute approximate surface area is 169 Å². The van der Waals surface area contributed by atoms with Crippen LogP contribution in [-0.4, -0.2) is 38.3 Å². The zero-order chi connectivity index (χ0) is 20.3. The van der Waals surface area contributed by atoms with Crippen LogP contribution in [0.4, 0.5) is 0 Å². The molecular formula is C22H23N3O3S. The number of hydrogen-bond donors (Lipinski definition) is 2. The summed E-state index contributed by atoms with van der Waals surface area (Å²) in [7, 11) is -3.78. The number of ether oxygens (including phenoxy) is 1. The summed E-state index contributed by atoms with van der Waals surface area (Å²) in [5, 5.41) is 12.4. The van der Waals surface area contributed by atoms with E-state index in [1.807, 2.05) is 36.4 Å². The first-order chi connectivity index (χ1) is 14.1. The number of fused-ring (bicyclic) bond motifs is 2. The number of hydrogen-bond acceptors (Lipinski definition) is 5. The number of nitrogens with zero attached hydrogens (tertiary/aromatic N) is 1. The molecule has 0 aliphatic rings. The first-order valence-electron chi connectivity index (χ1n) is 9.66. The van der Waals surface area contributed by atoms with Crippen molar-refractivity contribution in [2.45, 2.75) is 23.3 Å². The van der Waals surface area contributed by atoms with Gasteiger partial charge < -0.3 is 10.1 Å². The van der Waals surface area contributed by atoms with E-state index in [1.54, 1.807) is 24.3 Å². The van der Waals surface area contributed by atoms with Crippen molar-refractivity contribution in [3.8, 4) is 5.75 Å². The van der Waals surface area contributed by atoms with E-state index < -0.39 is 9.84 Å². The molecule has 0 bridgehead atoms. The average molecular weight is 410 g/mol. The molecule has 0 radical (unpaired) electrons. The number of H-pyrrole nitrogens is 1. The number of para-hydroxylation sites is 1. The Morgan fingerprint density at radius 1 is 1.00 bits per heavy atom. The van der Waals surface area contributed by atoms with Crippen molar-refractivity contribution >= 4 is 31.5 Å². The quantitative estimate of drug-likeness (QED) is 0.431. The predicted octanol–water partition coefficient (Wildman–Crippen LogP) is 3.93. The molecule has 3 aromatic carbocycles. The summed E-state index contributed by atoms with van der Waals surface area (Å²) >= 11 is 0. The van der Waals surface area contributed by atoms with Gasteiger partial charge in [-0.05, 0) is 43.1 Å². The molecule has 0 fully saturated rings. The maximum absolute atomic E-state index is 13.4. The van der Waals surface area contributed by atoms with Crippen molar-refractivity contribution in [2.24, 2.45) is 0 Å². The van der Waals surface area contributed by atoms with Crippen LogP contribution in [0.25, 0.3) is 21.7 Å². The summed E-state index contributed by atoms with van der Waals surface area (Å²) in [4.78, 5) is 0.262. The summed E-state index contributed by atoms with van der Waals surface area (Å²) < 4.78 is 32.7. The molecule has 2 N–H and O–H groups in total. The van der Waals surface area contributed by atoms with Crippen molar-refractivity contribution in [3.05, 3.63) is 60.7 Å². The zero-order valence-electron chi connectivity index (χ0n) is 16.2. The van der Waals surface area contributed by atoms with Crippen LogP contribution < -0.4 is 10.1 Å². The van der Waals surface area contributed by atoms with Crippen LogP contribution in [0.2, 0.25) is 0 Å². The molecule has 0 unspecified atom stereocenters. The second-order valence-corrected chi connectivity index (χ2v) is 8.60. The molecule has 0 saturated heterocycles. The van der Waals surface area contributed by atoms with Crippen LogP contribution in [0.5, 0.6) is 5.75 Å². The van der Waals surface area contributed by atoms with Gasteiger partial charge in [-0.1, -0.05) is 49.4 Å². The van der Waals surface area contributed by atoms with Gasteiger partial charge in [0.1, 0.15) is 11.3 Å². The molecule has 4 rings (SSSR count). The van der Waals surface area contributed by atoms with Gasteiger partial charge in [-0.3, -0.25) is 5.10 Å². The van der Waals surface area contributed by atoms with Crippen molar-refractivity contribution < 1.29 is 13.2 Å². The molecule has 1 heterocycles. The van der Waals surface area contributed by atoms with Gasteiger partial charge in [-0.2, -0.15) is 5.10 Å². The molecule has 0 atom stereocenters. The number of nitrogens with one attached hydrogen (secondary N) is 2. The van der Waals surface area contributed by atoms with E-state index in [1.165, 1.54) is 0 Å². The molecule has 6 nitrogen and oxygen atoms in total. The zero-order valence-corrected chi connectivity index (χ0v) is 17.0. The second-order valence-electron chi connectivity index (χ2n) is 6.74. The van der Waals surface area contributed by atoms with Crippen LogP contribution >= 0.6 is 0 Å². The predicted molar refractivity (Wildman–Crippen MR) is 114 cm³/mol. The maximum atomic E-state index is 13.4. The summed E-state index contributed by atoms with van der Waals surface area (Å²) in [5.74, 6) is 0.578. The third-order valence-corrected chi connectivity index (χ3v) is 6.61. The van der Waals surface area contributed by atoms with E-state index >= 15 is 0 Å². The number of benzene rings is 3. The first-order valence-corrected chi connectivity index (χ1v) is 11.1. The Morgan fingerprint density at radius 3 is 2.62 bits per heavy atom. The van der Waals surface area contributed by atoms with Gasteiger partial charge in [0.05, 0.1) is 11.5 Å². The molecular weight excluding hydrogens is 386 g/mol. The van der Waals surface area contributed by atoms with E-state index in [-0.39, 0.29) is 9.92 Å². The summed E-state index contributed by atoms with van der Waals surface area (Å²) in [6, 6.07) is 18.1.